The summed E-state index contributed by atoms with van der Waals surface area (Å²) in [5, 5.41) is 13.4. The third kappa shape index (κ3) is 2.76. The van der Waals surface area contributed by atoms with Crippen LogP contribution >= 0.6 is 0 Å². The summed E-state index contributed by atoms with van der Waals surface area (Å²) in [5.41, 5.74) is -0.0946. The Hall–Kier alpha value is -2.44. The molecule has 0 aliphatic carbocycles. The van der Waals surface area contributed by atoms with Crippen molar-refractivity contribution in [3.8, 4) is 0 Å². The molecule has 0 radical (unpaired) electrons. The van der Waals surface area contributed by atoms with Crippen LogP contribution in [0.3, 0.4) is 0 Å². The zero-order valence-electron chi connectivity index (χ0n) is 10.8. The fraction of sp³-hybridized carbons (Fsp3) is 0.231. The average molecular weight is 281 g/mol. The van der Waals surface area contributed by atoms with Crippen molar-refractivity contribution in [1.82, 2.24) is 4.57 Å². The lowest BCUT2D eigenvalue weighted by Gasteiger charge is -2.07. The highest BCUT2D eigenvalue weighted by atomic mass is 19.2. The van der Waals surface area contributed by atoms with E-state index >= 15 is 0 Å². The first kappa shape index (κ1) is 14.0. The normalized spacial score (nSPS) is 10.6. The molecule has 0 unspecified atom stereocenters. The number of hydrogen-bond donors (Lipinski definition) is 1. The Balaban J connectivity index is 2.23. The quantitative estimate of drug-likeness (QED) is 0.675. The Morgan fingerprint density at radius 2 is 2.10 bits per heavy atom. The van der Waals surface area contributed by atoms with E-state index in [0.717, 1.165) is 24.2 Å². The molecule has 0 atom stereocenters. The van der Waals surface area contributed by atoms with Gasteiger partial charge in [-0.05, 0) is 24.6 Å². The number of nitro benzene ring substituents is 1. The van der Waals surface area contributed by atoms with Crippen LogP contribution < -0.4 is 5.32 Å². The molecular weight excluding hydrogens is 268 g/mol. The summed E-state index contributed by atoms with van der Waals surface area (Å²) in [6.45, 7) is 2.93. The van der Waals surface area contributed by atoms with Crippen molar-refractivity contribution in [2.24, 2.45) is 0 Å². The van der Waals surface area contributed by atoms with Crippen LogP contribution in [0.15, 0.2) is 30.6 Å². The predicted molar refractivity (Wildman–Crippen MR) is 70.4 cm³/mol. The summed E-state index contributed by atoms with van der Waals surface area (Å²) in [4.78, 5) is 10.1. The Morgan fingerprint density at radius 1 is 1.35 bits per heavy atom. The summed E-state index contributed by atoms with van der Waals surface area (Å²) in [6, 6.07) is 3.49. The van der Waals surface area contributed by atoms with E-state index in [1.54, 1.807) is 6.07 Å². The molecule has 7 heteroatoms. The van der Waals surface area contributed by atoms with Crippen molar-refractivity contribution in [2.45, 2.75) is 20.0 Å². The van der Waals surface area contributed by atoms with Crippen molar-refractivity contribution in [3.05, 3.63) is 57.9 Å². The average Bonchev–Trinajstić information content (AvgIpc) is 2.88. The standard InChI is InChI=1S/C13H13F2N3O2/c1-2-17-6-5-9(8-17)7-16-13-11(18(19)20)4-3-10(14)12(13)15/h3-6,8,16H,2,7H2,1H3. The topological polar surface area (TPSA) is 60.1 Å². The Kier molecular flexibility index (Phi) is 3.97. The van der Waals surface area contributed by atoms with Gasteiger partial charge in [-0.1, -0.05) is 0 Å². The van der Waals surface area contributed by atoms with E-state index in [1.807, 2.05) is 23.9 Å². The fourth-order valence-electron chi connectivity index (χ4n) is 1.84. The molecule has 1 heterocycles. The van der Waals surface area contributed by atoms with Crippen LogP contribution in [0.25, 0.3) is 0 Å². The zero-order chi connectivity index (χ0) is 14.7. The summed E-state index contributed by atoms with van der Waals surface area (Å²) in [7, 11) is 0. The molecule has 0 amide bonds. The van der Waals surface area contributed by atoms with Crippen LogP contribution in [0.1, 0.15) is 12.5 Å². The second-order valence-corrected chi connectivity index (χ2v) is 4.22. The lowest BCUT2D eigenvalue weighted by Crippen LogP contribution is -2.06. The van der Waals surface area contributed by atoms with Gasteiger partial charge in [0.25, 0.3) is 5.69 Å². The number of nitrogens with zero attached hydrogens (tertiary/aromatic N) is 2. The largest absolute Gasteiger partial charge is 0.373 e. The highest BCUT2D eigenvalue weighted by Crippen LogP contribution is 2.29. The number of hydrogen-bond acceptors (Lipinski definition) is 3. The zero-order valence-corrected chi connectivity index (χ0v) is 10.8. The monoisotopic (exact) mass is 281 g/mol. The number of benzene rings is 1. The first-order chi connectivity index (χ1) is 9.52. The number of aromatic nitrogens is 1. The first-order valence-electron chi connectivity index (χ1n) is 6.03. The van der Waals surface area contributed by atoms with E-state index in [2.05, 4.69) is 5.32 Å². The van der Waals surface area contributed by atoms with Crippen molar-refractivity contribution < 1.29 is 13.7 Å². The molecule has 1 aromatic heterocycles. The van der Waals surface area contributed by atoms with Crippen LogP contribution in [0.5, 0.6) is 0 Å². The van der Waals surface area contributed by atoms with Crippen LogP contribution in [-0.2, 0) is 13.1 Å². The number of nitrogens with one attached hydrogen (secondary N) is 1. The number of nitro groups is 1. The van der Waals surface area contributed by atoms with Gasteiger partial charge in [-0.3, -0.25) is 10.1 Å². The molecule has 0 saturated carbocycles. The van der Waals surface area contributed by atoms with Crippen molar-refractivity contribution in [2.75, 3.05) is 5.32 Å². The maximum absolute atomic E-state index is 13.6. The van der Waals surface area contributed by atoms with Crippen LogP contribution in [0, 0.1) is 21.7 Å². The maximum Gasteiger partial charge on any atom is 0.295 e. The fourth-order valence-corrected chi connectivity index (χ4v) is 1.84. The summed E-state index contributed by atoms with van der Waals surface area (Å²) < 4.78 is 28.7. The van der Waals surface area contributed by atoms with Crippen molar-refractivity contribution >= 4 is 11.4 Å². The summed E-state index contributed by atoms with van der Waals surface area (Å²) in [6.07, 6.45) is 3.67. The highest BCUT2D eigenvalue weighted by molar-refractivity contribution is 5.62. The van der Waals surface area contributed by atoms with Gasteiger partial charge >= 0.3 is 0 Å². The molecule has 2 rings (SSSR count). The Morgan fingerprint density at radius 3 is 2.70 bits per heavy atom. The SMILES string of the molecule is CCn1ccc(CNc2c([N+](=O)[O-])ccc(F)c2F)c1. The summed E-state index contributed by atoms with van der Waals surface area (Å²) >= 11 is 0. The van der Waals surface area contributed by atoms with E-state index in [-0.39, 0.29) is 6.54 Å². The van der Waals surface area contributed by atoms with Gasteiger partial charge in [0.15, 0.2) is 17.3 Å². The molecule has 1 aromatic carbocycles. The van der Waals surface area contributed by atoms with E-state index in [9.17, 15) is 18.9 Å². The van der Waals surface area contributed by atoms with E-state index < -0.39 is 27.9 Å². The maximum atomic E-state index is 13.6. The minimum Gasteiger partial charge on any atom is -0.373 e. The van der Waals surface area contributed by atoms with E-state index in [4.69, 9.17) is 0 Å². The Bertz CT molecular complexity index is 641. The van der Waals surface area contributed by atoms with Crippen LogP contribution in [0.2, 0.25) is 0 Å². The van der Waals surface area contributed by atoms with Gasteiger partial charge in [0.1, 0.15) is 0 Å². The second kappa shape index (κ2) is 5.68. The van der Waals surface area contributed by atoms with Crippen molar-refractivity contribution in [3.63, 3.8) is 0 Å². The number of halogens is 2. The molecular formula is C13H13F2N3O2. The molecule has 2 aromatic rings. The first-order valence-corrected chi connectivity index (χ1v) is 6.03. The Labute approximate surface area is 114 Å². The summed E-state index contributed by atoms with van der Waals surface area (Å²) in [5.74, 6) is -2.36. The van der Waals surface area contributed by atoms with Gasteiger partial charge in [0, 0.05) is 31.5 Å². The molecule has 1 N–H and O–H groups in total. The molecule has 0 bridgehead atoms. The van der Waals surface area contributed by atoms with E-state index in [0.29, 0.717) is 0 Å². The third-order valence-corrected chi connectivity index (χ3v) is 2.92. The van der Waals surface area contributed by atoms with Gasteiger partial charge in [-0.2, -0.15) is 0 Å². The van der Waals surface area contributed by atoms with Crippen LogP contribution in [0.4, 0.5) is 20.2 Å². The smallest absolute Gasteiger partial charge is 0.295 e. The van der Waals surface area contributed by atoms with Crippen LogP contribution in [-0.4, -0.2) is 9.49 Å². The molecule has 20 heavy (non-hydrogen) atoms. The molecule has 106 valence electrons. The number of anilines is 1. The van der Waals surface area contributed by atoms with Gasteiger partial charge in [-0.25, -0.2) is 8.78 Å². The lowest BCUT2D eigenvalue weighted by atomic mass is 10.2. The molecule has 5 nitrogen and oxygen atoms in total. The van der Waals surface area contributed by atoms with Gasteiger partial charge < -0.3 is 9.88 Å². The molecule has 0 spiro atoms. The van der Waals surface area contributed by atoms with Gasteiger partial charge in [0.2, 0.25) is 0 Å². The van der Waals surface area contributed by atoms with Gasteiger partial charge in [0.05, 0.1) is 4.92 Å². The molecule has 0 fully saturated rings. The minimum atomic E-state index is -1.24. The third-order valence-electron chi connectivity index (χ3n) is 2.92. The molecule has 0 saturated heterocycles. The number of rotatable bonds is 5. The van der Waals surface area contributed by atoms with Gasteiger partial charge in [-0.15, -0.1) is 0 Å². The van der Waals surface area contributed by atoms with E-state index in [1.165, 1.54) is 0 Å². The minimum absolute atomic E-state index is 0.175. The highest BCUT2D eigenvalue weighted by Gasteiger charge is 2.21. The van der Waals surface area contributed by atoms with Crippen molar-refractivity contribution in [1.29, 1.82) is 0 Å². The molecule has 0 aliphatic heterocycles. The lowest BCUT2D eigenvalue weighted by molar-refractivity contribution is -0.384. The second-order valence-electron chi connectivity index (χ2n) is 4.22. The molecule has 0 aliphatic rings. The number of aryl methyl sites for hydroxylation is 1. The predicted octanol–water partition coefficient (Wildman–Crippen LogP) is 3.31.